The van der Waals surface area contributed by atoms with E-state index in [9.17, 15) is 18.0 Å². The standard InChI is InChI=1S/C10H14F3N5O.ClH/c11-10(12,13)6-15-8(18-17-6)16-7(19)9(14)4-2-1-3-5-9;/h1-5,14H2,(H2,15,16,17,18,19);1H. The van der Waals surface area contributed by atoms with Crippen molar-refractivity contribution < 1.29 is 18.0 Å². The Kier molecular flexibility index (Phi) is 4.98. The van der Waals surface area contributed by atoms with Crippen molar-refractivity contribution in [3.63, 3.8) is 0 Å². The van der Waals surface area contributed by atoms with Crippen molar-refractivity contribution in [1.29, 1.82) is 0 Å². The van der Waals surface area contributed by atoms with E-state index in [1.54, 1.807) is 5.10 Å². The van der Waals surface area contributed by atoms with E-state index < -0.39 is 29.4 Å². The Labute approximate surface area is 119 Å². The average molecular weight is 314 g/mol. The quantitative estimate of drug-likeness (QED) is 0.776. The van der Waals surface area contributed by atoms with Crippen LogP contribution in [-0.4, -0.2) is 26.6 Å². The van der Waals surface area contributed by atoms with E-state index in [1.807, 2.05) is 0 Å². The van der Waals surface area contributed by atoms with Gasteiger partial charge in [-0.05, 0) is 12.8 Å². The van der Waals surface area contributed by atoms with E-state index in [1.165, 1.54) is 0 Å². The van der Waals surface area contributed by atoms with Crippen molar-refractivity contribution in [2.24, 2.45) is 5.73 Å². The van der Waals surface area contributed by atoms with Gasteiger partial charge in [0.15, 0.2) is 0 Å². The average Bonchev–Trinajstić information content (AvgIpc) is 2.78. The van der Waals surface area contributed by atoms with E-state index in [0.717, 1.165) is 19.3 Å². The molecule has 2 rings (SSSR count). The number of aromatic amines is 1. The molecule has 1 aliphatic rings. The van der Waals surface area contributed by atoms with Crippen molar-refractivity contribution in [3.05, 3.63) is 5.82 Å². The number of rotatable bonds is 2. The van der Waals surface area contributed by atoms with E-state index >= 15 is 0 Å². The Morgan fingerprint density at radius 1 is 1.30 bits per heavy atom. The molecule has 1 fully saturated rings. The highest BCUT2D eigenvalue weighted by Crippen LogP contribution is 2.28. The highest BCUT2D eigenvalue weighted by molar-refractivity contribution is 5.96. The van der Waals surface area contributed by atoms with Crippen LogP contribution in [0.25, 0.3) is 0 Å². The van der Waals surface area contributed by atoms with Crippen molar-refractivity contribution in [1.82, 2.24) is 15.2 Å². The largest absolute Gasteiger partial charge is 0.451 e. The van der Waals surface area contributed by atoms with Gasteiger partial charge in [0.1, 0.15) is 0 Å². The molecule has 4 N–H and O–H groups in total. The van der Waals surface area contributed by atoms with Crippen molar-refractivity contribution in [2.75, 3.05) is 5.32 Å². The minimum absolute atomic E-state index is 0. The zero-order chi connectivity index (χ0) is 14.1. The Balaban J connectivity index is 0.00000200. The molecule has 1 aromatic heterocycles. The molecule has 0 radical (unpaired) electrons. The first-order valence-corrected chi connectivity index (χ1v) is 5.91. The van der Waals surface area contributed by atoms with Crippen LogP contribution in [0.15, 0.2) is 0 Å². The zero-order valence-electron chi connectivity index (χ0n) is 10.5. The van der Waals surface area contributed by atoms with Gasteiger partial charge < -0.3 is 5.73 Å². The SMILES string of the molecule is Cl.NC1(C(=O)Nc2n[nH]c(C(F)(F)F)n2)CCCCC1. The smallest absolute Gasteiger partial charge is 0.317 e. The number of hydrogen-bond acceptors (Lipinski definition) is 4. The highest BCUT2D eigenvalue weighted by atomic mass is 35.5. The molecule has 6 nitrogen and oxygen atoms in total. The Bertz CT molecular complexity index is 470. The summed E-state index contributed by atoms with van der Waals surface area (Å²) in [5.74, 6) is -2.20. The minimum atomic E-state index is -4.62. The number of carbonyl (C=O) groups is 1. The van der Waals surface area contributed by atoms with Crippen LogP contribution in [0.2, 0.25) is 0 Å². The van der Waals surface area contributed by atoms with Gasteiger partial charge in [0.2, 0.25) is 17.7 Å². The lowest BCUT2D eigenvalue weighted by molar-refractivity contribution is -0.144. The molecule has 10 heteroatoms. The third-order valence-electron chi connectivity index (χ3n) is 3.18. The first kappa shape index (κ1) is 16.7. The second-order valence-corrected chi connectivity index (χ2v) is 4.68. The summed E-state index contributed by atoms with van der Waals surface area (Å²) in [7, 11) is 0. The van der Waals surface area contributed by atoms with E-state index in [2.05, 4.69) is 15.4 Å². The molecule has 114 valence electrons. The topological polar surface area (TPSA) is 96.7 Å². The number of carbonyl (C=O) groups excluding carboxylic acids is 1. The van der Waals surface area contributed by atoms with Gasteiger partial charge in [-0.1, -0.05) is 19.3 Å². The van der Waals surface area contributed by atoms with E-state index in [4.69, 9.17) is 5.73 Å². The number of alkyl halides is 3. The summed E-state index contributed by atoms with van der Waals surface area (Å²) < 4.78 is 36.9. The normalized spacial score (nSPS) is 18.2. The maximum atomic E-state index is 12.3. The van der Waals surface area contributed by atoms with Crippen LogP contribution in [0.5, 0.6) is 0 Å². The summed E-state index contributed by atoms with van der Waals surface area (Å²) in [5.41, 5.74) is 4.90. The first-order chi connectivity index (χ1) is 8.81. The number of halogens is 4. The van der Waals surface area contributed by atoms with Crippen LogP contribution in [0.4, 0.5) is 19.1 Å². The fourth-order valence-electron chi connectivity index (χ4n) is 2.08. The number of aromatic nitrogens is 3. The van der Waals surface area contributed by atoms with Gasteiger partial charge in [-0.15, -0.1) is 17.5 Å². The van der Waals surface area contributed by atoms with Gasteiger partial charge in [-0.2, -0.15) is 18.2 Å². The van der Waals surface area contributed by atoms with E-state index in [-0.39, 0.29) is 12.4 Å². The Hall–Kier alpha value is -1.35. The van der Waals surface area contributed by atoms with Crippen LogP contribution in [0.3, 0.4) is 0 Å². The second kappa shape index (κ2) is 5.96. The lowest BCUT2D eigenvalue weighted by Crippen LogP contribution is -2.52. The van der Waals surface area contributed by atoms with Crippen molar-refractivity contribution in [2.45, 2.75) is 43.8 Å². The van der Waals surface area contributed by atoms with E-state index in [0.29, 0.717) is 12.8 Å². The molecule has 0 aromatic carbocycles. The molecule has 0 saturated heterocycles. The molecule has 1 aliphatic carbocycles. The van der Waals surface area contributed by atoms with Crippen LogP contribution < -0.4 is 11.1 Å². The summed E-state index contributed by atoms with van der Waals surface area (Å²) in [6.07, 6.45) is -0.950. The number of nitrogens with two attached hydrogens (primary N) is 1. The van der Waals surface area contributed by atoms with Crippen LogP contribution in [0.1, 0.15) is 37.9 Å². The summed E-state index contributed by atoms with van der Waals surface area (Å²) in [5, 5.41) is 7.26. The predicted molar refractivity (Wildman–Crippen MR) is 67.3 cm³/mol. The maximum absolute atomic E-state index is 12.3. The number of anilines is 1. The molecular formula is C10H15ClF3N5O. The molecular weight excluding hydrogens is 299 g/mol. The molecule has 1 amide bonds. The monoisotopic (exact) mass is 313 g/mol. The number of nitrogens with one attached hydrogen (secondary N) is 2. The molecule has 1 saturated carbocycles. The Morgan fingerprint density at radius 3 is 2.40 bits per heavy atom. The van der Waals surface area contributed by atoms with Gasteiger partial charge >= 0.3 is 6.18 Å². The predicted octanol–water partition coefficient (Wildman–Crippen LogP) is 1.85. The lowest BCUT2D eigenvalue weighted by Gasteiger charge is -2.31. The number of H-pyrrole nitrogens is 1. The fourth-order valence-corrected chi connectivity index (χ4v) is 2.08. The summed E-state index contributed by atoms with van der Waals surface area (Å²) in [6.45, 7) is 0. The van der Waals surface area contributed by atoms with Gasteiger partial charge in [0.25, 0.3) is 0 Å². The molecule has 20 heavy (non-hydrogen) atoms. The number of amides is 1. The molecule has 0 unspecified atom stereocenters. The lowest BCUT2D eigenvalue weighted by atomic mass is 9.82. The first-order valence-electron chi connectivity index (χ1n) is 5.91. The third-order valence-corrected chi connectivity index (χ3v) is 3.18. The molecule has 0 bridgehead atoms. The maximum Gasteiger partial charge on any atom is 0.451 e. The fraction of sp³-hybridized carbons (Fsp3) is 0.700. The second-order valence-electron chi connectivity index (χ2n) is 4.68. The molecule has 1 aromatic rings. The Morgan fingerprint density at radius 2 is 1.90 bits per heavy atom. The molecule has 1 heterocycles. The highest BCUT2D eigenvalue weighted by Gasteiger charge is 2.38. The van der Waals surface area contributed by atoms with Gasteiger partial charge in [0, 0.05) is 0 Å². The van der Waals surface area contributed by atoms with Crippen LogP contribution >= 0.6 is 12.4 Å². The van der Waals surface area contributed by atoms with Gasteiger partial charge in [-0.3, -0.25) is 15.2 Å². The van der Waals surface area contributed by atoms with Gasteiger partial charge in [0.05, 0.1) is 5.54 Å². The van der Waals surface area contributed by atoms with Crippen molar-refractivity contribution >= 4 is 24.3 Å². The van der Waals surface area contributed by atoms with Gasteiger partial charge in [-0.25, -0.2) is 0 Å². The third kappa shape index (κ3) is 3.60. The van der Waals surface area contributed by atoms with Crippen LogP contribution in [-0.2, 0) is 11.0 Å². The van der Waals surface area contributed by atoms with Crippen molar-refractivity contribution in [3.8, 4) is 0 Å². The summed E-state index contributed by atoms with van der Waals surface area (Å²) in [4.78, 5) is 15.1. The zero-order valence-corrected chi connectivity index (χ0v) is 11.3. The number of nitrogens with zero attached hydrogens (tertiary/aromatic N) is 2. The molecule has 0 atom stereocenters. The summed E-state index contributed by atoms with van der Waals surface area (Å²) >= 11 is 0. The minimum Gasteiger partial charge on any atom is -0.317 e. The molecule has 0 spiro atoms. The molecule has 0 aliphatic heterocycles. The van der Waals surface area contributed by atoms with Crippen LogP contribution in [0, 0.1) is 0 Å². The number of hydrogen-bond donors (Lipinski definition) is 3. The summed E-state index contributed by atoms with van der Waals surface area (Å²) in [6, 6.07) is 0.